The Labute approximate surface area is 172 Å². The maximum atomic E-state index is 5.68. The van der Waals surface area contributed by atoms with Crippen molar-refractivity contribution in [2.24, 2.45) is 4.99 Å². The Morgan fingerprint density at radius 2 is 1.88 bits per heavy atom. The van der Waals surface area contributed by atoms with Crippen LogP contribution in [0.3, 0.4) is 0 Å². The number of aliphatic imine (C=N–C) groups is 1. The lowest BCUT2D eigenvalue weighted by Gasteiger charge is -2.12. The van der Waals surface area contributed by atoms with E-state index in [4.69, 9.17) is 9.73 Å². The molecular weight excluding hydrogens is 445 g/mol. The molecule has 1 aromatic heterocycles. The third kappa shape index (κ3) is 8.20. The molecule has 6 heteroatoms. The van der Waals surface area contributed by atoms with Gasteiger partial charge in [0.15, 0.2) is 5.96 Å². The number of hydrogen-bond donors (Lipinski definition) is 2. The molecular formula is C19H28IN3OS. The van der Waals surface area contributed by atoms with E-state index in [0.717, 1.165) is 32.1 Å². The van der Waals surface area contributed by atoms with Gasteiger partial charge in [-0.2, -0.15) is 0 Å². The van der Waals surface area contributed by atoms with Crippen molar-refractivity contribution in [2.75, 3.05) is 13.2 Å². The zero-order chi connectivity index (χ0) is 17.0. The third-order valence-corrected chi connectivity index (χ3v) is 4.36. The molecule has 0 atom stereocenters. The monoisotopic (exact) mass is 473 g/mol. The standard InChI is InChI=1S/C19H27N3OS.HI/c1-3-11-23-15-17-9-6-5-8-16(17)13-21-19(20-4-2)22-14-18-10-7-12-24-18;/h5-10,12H,3-4,11,13-15H2,1-2H3,(H2,20,21,22);1H. The molecule has 0 amide bonds. The maximum Gasteiger partial charge on any atom is 0.191 e. The van der Waals surface area contributed by atoms with Crippen LogP contribution < -0.4 is 10.6 Å². The van der Waals surface area contributed by atoms with E-state index >= 15 is 0 Å². The van der Waals surface area contributed by atoms with Gasteiger partial charge in [-0.25, -0.2) is 4.99 Å². The summed E-state index contributed by atoms with van der Waals surface area (Å²) in [5, 5.41) is 8.77. The Bertz CT molecular complexity index is 617. The van der Waals surface area contributed by atoms with E-state index in [2.05, 4.69) is 66.3 Å². The average Bonchev–Trinajstić information content (AvgIpc) is 3.12. The zero-order valence-corrected chi connectivity index (χ0v) is 18.1. The smallest absolute Gasteiger partial charge is 0.191 e. The highest BCUT2D eigenvalue weighted by Crippen LogP contribution is 2.12. The van der Waals surface area contributed by atoms with E-state index in [9.17, 15) is 0 Å². The number of benzene rings is 1. The van der Waals surface area contributed by atoms with Gasteiger partial charge in [0.1, 0.15) is 0 Å². The van der Waals surface area contributed by atoms with Gasteiger partial charge >= 0.3 is 0 Å². The van der Waals surface area contributed by atoms with Crippen molar-refractivity contribution in [2.45, 2.75) is 40.0 Å². The molecule has 4 nitrogen and oxygen atoms in total. The minimum absolute atomic E-state index is 0. The molecule has 25 heavy (non-hydrogen) atoms. The highest BCUT2D eigenvalue weighted by Gasteiger charge is 2.03. The topological polar surface area (TPSA) is 45.6 Å². The summed E-state index contributed by atoms with van der Waals surface area (Å²) in [4.78, 5) is 6.02. The summed E-state index contributed by atoms with van der Waals surface area (Å²) in [5.41, 5.74) is 2.42. The summed E-state index contributed by atoms with van der Waals surface area (Å²) < 4.78 is 5.68. The molecule has 0 aliphatic carbocycles. The molecule has 0 aliphatic heterocycles. The number of rotatable bonds is 9. The van der Waals surface area contributed by atoms with Gasteiger partial charge in [0, 0.05) is 18.0 Å². The lowest BCUT2D eigenvalue weighted by atomic mass is 10.1. The molecule has 0 saturated carbocycles. The number of nitrogens with one attached hydrogen (secondary N) is 2. The molecule has 0 radical (unpaired) electrons. The second-order valence-corrected chi connectivity index (χ2v) is 6.48. The van der Waals surface area contributed by atoms with Crippen LogP contribution in [0.1, 0.15) is 36.3 Å². The van der Waals surface area contributed by atoms with Crippen molar-refractivity contribution < 1.29 is 4.74 Å². The van der Waals surface area contributed by atoms with Gasteiger partial charge in [-0.3, -0.25) is 0 Å². The Hall–Kier alpha value is -1.12. The van der Waals surface area contributed by atoms with E-state index < -0.39 is 0 Å². The average molecular weight is 473 g/mol. The van der Waals surface area contributed by atoms with Crippen LogP contribution in [0.5, 0.6) is 0 Å². The van der Waals surface area contributed by atoms with Crippen molar-refractivity contribution >= 4 is 41.3 Å². The van der Waals surface area contributed by atoms with Crippen LogP contribution in [-0.2, 0) is 24.4 Å². The molecule has 1 heterocycles. The number of nitrogens with zero attached hydrogens (tertiary/aromatic N) is 1. The van der Waals surface area contributed by atoms with E-state index in [1.54, 1.807) is 11.3 Å². The second kappa shape index (κ2) is 13.1. The van der Waals surface area contributed by atoms with Crippen LogP contribution in [0, 0.1) is 0 Å². The highest BCUT2D eigenvalue weighted by atomic mass is 127. The third-order valence-electron chi connectivity index (χ3n) is 3.49. The van der Waals surface area contributed by atoms with E-state index in [0.29, 0.717) is 13.2 Å². The van der Waals surface area contributed by atoms with Gasteiger partial charge in [0.2, 0.25) is 0 Å². The zero-order valence-electron chi connectivity index (χ0n) is 15.0. The molecule has 0 aliphatic rings. The normalized spacial score (nSPS) is 11.0. The molecule has 2 aromatic rings. The minimum Gasteiger partial charge on any atom is -0.377 e. The first kappa shape index (κ1) is 21.9. The van der Waals surface area contributed by atoms with Gasteiger partial charge in [0.25, 0.3) is 0 Å². The van der Waals surface area contributed by atoms with Crippen LogP contribution in [-0.4, -0.2) is 19.1 Å². The molecule has 1 aromatic carbocycles. The summed E-state index contributed by atoms with van der Waals surface area (Å²) in [6.07, 6.45) is 1.04. The lowest BCUT2D eigenvalue weighted by Crippen LogP contribution is -2.36. The van der Waals surface area contributed by atoms with Gasteiger partial charge in [-0.1, -0.05) is 37.3 Å². The van der Waals surface area contributed by atoms with Crippen molar-refractivity contribution in [3.8, 4) is 0 Å². The maximum absolute atomic E-state index is 5.68. The summed E-state index contributed by atoms with van der Waals surface area (Å²) >= 11 is 1.75. The van der Waals surface area contributed by atoms with E-state index in [1.165, 1.54) is 16.0 Å². The number of guanidine groups is 1. The van der Waals surface area contributed by atoms with Crippen LogP contribution in [0.15, 0.2) is 46.8 Å². The van der Waals surface area contributed by atoms with E-state index in [-0.39, 0.29) is 24.0 Å². The number of hydrogen-bond acceptors (Lipinski definition) is 3. The summed E-state index contributed by atoms with van der Waals surface area (Å²) in [6, 6.07) is 12.5. The fraction of sp³-hybridized carbons (Fsp3) is 0.421. The van der Waals surface area contributed by atoms with Crippen molar-refractivity contribution in [3.63, 3.8) is 0 Å². The first-order valence-corrected chi connectivity index (χ1v) is 9.40. The van der Waals surface area contributed by atoms with Crippen LogP contribution in [0.2, 0.25) is 0 Å². The summed E-state index contributed by atoms with van der Waals surface area (Å²) in [5.74, 6) is 0.843. The predicted molar refractivity (Wildman–Crippen MR) is 118 cm³/mol. The minimum atomic E-state index is 0. The fourth-order valence-corrected chi connectivity index (χ4v) is 2.91. The van der Waals surface area contributed by atoms with E-state index in [1.807, 2.05) is 0 Å². The van der Waals surface area contributed by atoms with Crippen molar-refractivity contribution in [1.29, 1.82) is 0 Å². The fourth-order valence-electron chi connectivity index (χ4n) is 2.27. The molecule has 0 fully saturated rings. The Morgan fingerprint density at radius 1 is 1.08 bits per heavy atom. The summed E-state index contributed by atoms with van der Waals surface area (Å²) in [7, 11) is 0. The predicted octanol–water partition coefficient (Wildman–Crippen LogP) is 4.55. The van der Waals surface area contributed by atoms with Crippen LogP contribution in [0.4, 0.5) is 0 Å². The van der Waals surface area contributed by atoms with Crippen LogP contribution in [0.25, 0.3) is 0 Å². The van der Waals surface area contributed by atoms with Crippen molar-refractivity contribution in [3.05, 3.63) is 57.8 Å². The van der Waals surface area contributed by atoms with Gasteiger partial charge in [-0.05, 0) is 35.9 Å². The number of halogens is 1. The molecule has 0 bridgehead atoms. The molecule has 0 unspecified atom stereocenters. The van der Waals surface area contributed by atoms with Gasteiger partial charge < -0.3 is 15.4 Å². The quantitative estimate of drug-likeness (QED) is 0.243. The molecule has 0 saturated heterocycles. The molecule has 2 N–H and O–H groups in total. The first-order valence-electron chi connectivity index (χ1n) is 8.52. The Kier molecular flexibility index (Phi) is 11.5. The largest absolute Gasteiger partial charge is 0.377 e. The Morgan fingerprint density at radius 3 is 2.56 bits per heavy atom. The lowest BCUT2D eigenvalue weighted by molar-refractivity contribution is 0.121. The molecule has 2 rings (SSSR count). The highest BCUT2D eigenvalue weighted by molar-refractivity contribution is 14.0. The first-order chi connectivity index (χ1) is 11.8. The van der Waals surface area contributed by atoms with Gasteiger partial charge in [0.05, 0.1) is 19.7 Å². The number of ether oxygens (including phenoxy) is 1. The SMILES string of the molecule is CCCOCc1ccccc1CN=C(NCC)NCc1cccs1.I. The molecule has 138 valence electrons. The summed E-state index contributed by atoms with van der Waals surface area (Å²) in [6.45, 7) is 7.93. The van der Waals surface area contributed by atoms with Gasteiger partial charge in [-0.15, -0.1) is 35.3 Å². The second-order valence-electron chi connectivity index (χ2n) is 5.45. The van der Waals surface area contributed by atoms with Crippen LogP contribution >= 0.6 is 35.3 Å². The van der Waals surface area contributed by atoms with Crippen molar-refractivity contribution in [1.82, 2.24) is 10.6 Å². The Balaban J connectivity index is 0.00000312. The molecule has 0 spiro atoms. The number of thiophene rings is 1.